The van der Waals surface area contributed by atoms with Gasteiger partial charge in [-0.25, -0.2) is 0 Å². The molecule has 2 amide bonds. The molecule has 2 aliphatic rings. The molecule has 1 aliphatic carbocycles. The molecule has 1 aliphatic heterocycles. The van der Waals surface area contributed by atoms with Crippen molar-refractivity contribution in [3.63, 3.8) is 0 Å². The van der Waals surface area contributed by atoms with Crippen molar-refractivity contribution < 1.29 is 22.8 Å². The topological polar surface area (TPSA) is 61.8 Å². The van der Waals surface area contributed by atoms with Gasteiger partial charge >= 0.3 is 6.18 Å². The summed E-state index contributed by atoms with van der Waals surface area (Å²) in [6, 6.07) is 11.0. The summed E-state index contributed by atoms with van der Waals surface area (Å²) in [5, 5.41) is 3.09. The molecule has 0 saturated heterocycles. The number of halogens is 5. The first-order chi connectivity index (χ1) is 15.1. The van der Waals surface area contributed by atoms with Gasteiger partial charge in [0.05, 0.1) is 27.9 Å². The molecular weight excluding hydrogens is 466 g/mol. The second kappa shape index (κ2) is 8.75. The minimum Gasteiger partial charge on any atom is -0.326 e. The predicted octanol–water partition coefficient (Wildman–Crippen LogP) is 4.79. The maximum atomic E-state index is 13.3. The number of hydrogen-bond donors (Lipinski definition) is 1. The van der Waals surface area contributed by atoms with Gasteiger partial charge in [0.25, 0.3) is 5.91 Å². The van der Waals surface area contributed by atoms with Gasteiger partial charge in [0.2, 0.25) is 12.1 Å². The summed E-state index contributed by atoms with van der Waals surface area (Å²) in [4.78, 5) is 30.9. The molecule has 0 spiro atoms. The van der Waals surface area contributed by atoms with Crippen LogP contribution < -0.4 is 10.2 Å². The minimum absolute atomic E-state index is 0.0456. The number of benzodiazepines with no additional fused rings is 1. The lowest BCUT2D eigenvalue weighted by Crippen LogP contribution is -2.50. The van der Waals surface area contributed by atoms with E-state index in [2.05, 4.69) is 10.3 Å². The van der Waals surface area contributed by atoms with Gasteiger partial charge in [-0.15, -0.1) is 0 Å². The molecule has 1 fully saturated rings. The number of hydrogen-bond acceptors (Lipinski definition) is 3. The van der Waals surface area contributed by atoms with Gasteiger partial charge in [0.1, 0.15) is 6.54 Å². The van der Waals surface area contributed by atoms with Gasteiger partial charge in [-0.1, -0.05) is 47.5 Å². The van der Waals surface area contributed by atoms with E-state index in [1.54, 1.807) is 24.3 Å². The smallest absolute Gasteiger partial charge is 0.326 e. The van der Waals surface area contributed by atoms with E-state index in [9.17, 15) is 22.8 Å². The highest BCUT2D eigenvalue weighted by Gasteiger charge is 2.42. The molecule has 4 rings (SSSR count). The molecule has 2 aromatic rings. The van der Waals surface area contributed by atoms with Crippen LogP contribution in [0.15, 0.2) is 47.5 Å². The Morgan fingerprint density at radius 3 is 2.50 bits per heavy atom. The monoisotopic (exact) mass is 483 g/mol. The molecule has 1 heterocycles. The maximum absolute atomic E-state index is 13.3. The summed E-state index contributed by atoms with van der Waals surface area (Å²) < 4.78 is 39.9. The fraction of sp³-hybridized carbons (Fsp3) is 0.318. The number of nitrogens with zero attached hydrogens (tertiary/aromatic N) is 2. The normalized spacial score (nSPS) is 18.7. The number of para-hydroxylation sites is 1. The molecular formula is C22H18Cl2F3N3O2. The number of rotatable bonds is 5. The summed E-state index contributed by atoms with van der Waals surface area (Å²) in [6.45, 7) is -1.48. The van der Waals surface area contributed by atoms with Crippen LogP contribution in [0, 0.1) is 5.92 Å². The Balaban J connectivity index is 1.64. The van der Waals surface area contributed by atoms with Crippen LogP contribution in [0.2, 0.25) is 10.0 Å². The average molecular weight is 484 g/mol. The Morgan fingerprint density at radius 1 is 1.12 bits per heavy atom. The van der Waals surface area contributed by atoms with Gasteiger partial charge < -0.3 is 5.32 Å². The lowest BCUT2D eigenvalue weighted by molar-refractivity contribution is -0.134. The van der Waals surface area contributed by atoms with Crippen LogP contribution in [0.4, 0.5) is 18.9 Å². The van der Waals surface area contributed by atoms with Gasteiger partial charge in [0.15, 0.2) is 0 Å². The lowest BCUT2D eigenvalue weighted by Gasteiger charge is -2.26. The van der Waals surface area contributed by atoms with E-state index in [4.69, 9.17) is 23.2 Å². The second-order valence-electron chi connectivity index (χ2n) is 7.74. The van der Waals surface area contributed by atoms with Crippen molar-refractivity contribution in [2.45, 2.75) is 31.6 Å². The number of aliphatic imine (C=N–C) groups is 1. The van der Waals surface area contributed by atoms with E-state index in [0.717, 1.165) is 12.8 Å². The largest absolute Gasteiger partial charge is 0.406 e. The van der Waals surface area contributed by atoms with Crippen molar-refractivity contribution in [3.8, 4) is 0 Å². The highest BCUT2D eigenvalue weighted by Crippen LogP contribution is 2.38. The average Bonchev–Trinajstić information content (AvgIpc) is 3.56. The number of anilines is 1. The van der Waals surface area contributed by atoms with Crippen LogP contribution in [0.25, 0.3) is 0 Å². The molecule has 5 nitrogen and oxygen atoms in total. The maximum Gasteiger partial charge on any atom is 0.406 e. The van der Waals surface area contributed by atoms with Crippen molar-refractivity contribution in [1.29, 1.82) is 0 Å². The zero-order chi connectivity index (χ0) is 23.0. The molecule has 1 unspecified atom stereocenters. The van der Waals surface area contributed by atoms with Crippen molar-refractivity contribution in [2.75, 3.05) is 11.4 Å². The minimum atomic E-state index is -4.62. The molecule has 0 bridgehead atoms. The molecule has 0 radical (unpaired) electrons. The summed E-state index contributed by atoms with van der Waals surface area (Å²) in [6.07, 6.45) is -4.58. The zero-order valence-electron chi connectivity index (χ0n) is 16.6. The Labute approximate surface area is 192 Å². The number of amides is 2. The predicted molar refractivity (Wildman–Crippen MR) is 116 cm³/mol. The molecule has 1 N–H and O–H groups in total. The quantitative estimate of drug-likeness (QED) is 0.664. The number of benzene rings is 2. The molecule has 168 valence electrons. The van der Waals surface area contributed by atoms with Crippen LogP contribution in [0.5, 0.6) is 0 Å². The number of fused-ring (bicyclic) bond motifs is 1. The number of carbonyl (C=O) groups excluding carboxylic acids is 2. The van der Waals surface area contributed by atoms with Gasteiger partial charge in [0, 0.05) is 11.5 Å². The van der Waals surface area contributed by atoms with Crippen LogP contribution in [-0.4, -0.2) is 36.4 Å². The molecule has 2 aromatic carbocycles. The fourth-order valence-electron chi connectivity index (χ4n) is 3.61. The number of nitrogens with one attached hydrogen (secondary N) is 1. The highest BCUT2D eigenvalue weighted by molar-refractivity contribution is 6.42. The van der Waals surface area contributed by atoms with Crippen molar-refractivity contribution in [1.82, 2.24) is 5.32 Å². The van der Waals surface area contributed by atoms with Gasteiger partial charge in [-0.2, -0.15) is 13.2 Å². The first-order valence-corrected chi connectivity index (χ1v) is 10.7. The third kappa shape index (κ3) is 5.07. The van der Waals surface area contributed by atoms with Crippen LogP contribution >= 0.6 is 23.2 Å². The summed E-state index contributed by atoms with van der Waals surface area (Å²) in [7, 11) is 0. The van der Waals surface area contributed by atoms with E-state index in [-0.39, 0.29) is 23.0 Å². The van der Waals surface area contributed by atoms with Crippen LogP contribution in [0.3, 0.4) is 0 Å². The second-order valence-corrected chi connectivity index (χ2v) is 8.56. The van der Waals surface area contributed by atoms with Crippen LogP contribution in [0.1, 0.15) is 24.0 Å². The summed E-state index contributed by atoms with van der Waals surface area (Å²) >= 11 is 11.9. The van der Waals surface area contributed by atoms with Gasteiger partial charge in [-0.05, 0) is 36.6 Å². The Bertz CT molecular complexity index is 1100. The molecule has 1 atom stereocenters. The standard InChI is InChI=1S/C22H18Cl2F3N3O2/c23-15-8-5-12(9-16(15)24)10-18(31)28-20-21(32)30(11-22(25,26)27)17-4-2-1-3-14(17)19(29-20)13-6-7-13/h1-5,8-9,13,20H,6-7,10-11H2,(H,28,31). The Hall–Kier alpha value is -2.58. The number of alkyl halides is 3. The SMILES string of the molecule is O=C(Cc1ccc(Cl)c(Cl)c1)NC1N=C(C2CC2)c2ccccc2N(CC(F)(F)F)C1=O. The van der Waals surface area contributed by atoms with E-state index in [1.807, 2.05) is 0 Å². The van der Waals surface area contributed by atoms with E-state index < -0.39 is 30.7 Å². The molecule has 32 heavy (non-hydrogen) atoms. The summed E-state index contributed by atoms with van der Waals surface area (Å²) in [5.74, 6) is -1.46. The van der Waals surface area contributed by atoms with Gasteiger partial charge in [-0.3, -0.25) is 19.5 Å². The fourth-order valence-corrected chi connectivity index (χ4v) is 3.93. The Kier molecular flexibility index (Phi) is 6.18. The third-order valence-electron chi connectivity index (χ3n) is 5.19. The first kappa shape index (κ1) is 22.6. The van der Waals surface area contributed by atoms with Crippen LogP contribution in [-0.2, 0) is 16.0 Å². The first-order valence-electron chi connectivity index (χ1n) is 9.91. The van der Waals surface area contributed by atoms with E-state index >= 15 is 0 Å². The van der Waals surface area contributed by atoms with Crippen molar-refractivity contribution in [3.05, 3.63) is 63.6 Å². The van der Waals surface area contributed by atoms with Crippen molar-refractivity contribution >= 4 is 46.4 Å². The lowest BCUT2D eigenvalue weighted by atomic mass is 10.0. The molecule has 10 heteroatoms. The molecule has 0 aromatic heterocycles. The zero-order valence-corrected chi connectivity index (χ0v) is 18.1. The summed E-state index contributed by atoms with van der Waals surface area (Å²) in [5.41, 5.74) is 1.70. The third-order valence-corrected chi connectivity index (χ3v) is 5.93. The van der Waals surface area contributed by atoms with E-state index in [1.165, 1.54) is 18.2 Å². The Morgan fingerprint density at radius 2 is 1.84 bits per heavy atom. The van der Waals surface area contributed by atoms with Crippen molar-refractivity contribution in [2.24, 2.45) is 10.9 Å². The highest BCUT2D eigenvalue weighted by atomic mass is 35.5. The number of carbonyl (C=O) groups is 2. The molecule has 1 saturated carbocycles. The van der Waals surface area contributed by atoms with E-state index in [0.29, 0.717) is 26.8 Å².